The van der Waals surface area contributed by atoms with Gasteiger partial charge in [-0.25, -0.2) is 4.85 Å². The molecular formula is C61H48N4O2. The molecule has 0 atom stereocenters. The van der Waals surface area contributed by atoms with E-state index in [9.17, 15) is 5.26 Å². The molecule has 6 heteroatoms. The lowest BCUT2D eigenvalue weighted by Crippen LogP contribution is -2.09. The number of nitriles is 1. The quantitative estimate of drug-likeness (QED) is 0.0656. The van der Waals surface area contributed by atoms with Crippen LogP contribution in [0.15, 0.2) is 182 Å². The Labute approximate surface area is 393 Å². The number of hydrogen-bond donors (Lipinski definition) is 0. The summed E-state index contributed by atoms with van der Waals surface area (Å²) in [6, 6.07) is 64.7. The second-order valence-corrected chi connectivity index (χ2v) is 16.4. The van der Waals surface area contributed by atoms with Crippen molar-refractivity contribution < 1.29 is 9.47 Å². The summed E-state index contributed by atoms with van der Waals surface area (Å²) in [5.74, 6) is 1.62. The van der Waals surface area contributed by atoms with Crippen molar-refractivity contribution in [3.05, 3.63) is 232 Å². The van der Waals surface area contributed by atoms with Crippen molar-refractivity contribution in [2.45, 2.75) is 20.8 Å². The molecule has 0 saturated carbocycles. The highest BCUT2D eigenvalue weighted by molar-refractivity contribution is 6.16. The third kappa shape index (κ3) is 9.38. The molecule has 324 valence electrons. The summed E-state index contributed by atoms with van der Waals surface area (Å²) in [6.07, 6.45) is 8.27. The number of benzene rings is 9. The lowest BCUT2D eigenvalue weighted by atomic mass is 9.93. The normalized spacial score (nSPS) is 11.2. The number of methoxy groups -OCH3 is 1. The average Bonchev–Trinajstić information content (AvgIpc) is 3.37. The number of rotatable bonds is 13. The van der Waals surface area contributed by atoms with Crippen LogP contribution in [0.1, 0.15) is 45.9 Å². The van der Waals surface area contributed by atoms with E-state index in [1.165, 1.54) is 11.1 Å². The molecule has 0 fully saturated rings. The second kappa shape index (κ2) is 19.5. The number of fused-ring (bicyclic) bond motifs is 2. The zero-order chi connectivity index (χ0) is 46.3. The van der Waals surface area contributed by atoms with Gasteiger partial charge in [-0.2, -0.15) is 5.26 Å². The van der Waals surface area contributed by atoms with Gasteiger partial charge >= 0.3 is 0 Å². The molecule has 6 nitrogen and oxygen atoms in total. The van der Waals surface area contributed by atoms with Gasteiger partial charge in [-0.1, -0.05) is 114 Å². The number of anilines is 6. The number of aryl methyl sites for hydroxylation is 2. The fourth-order valence-corrected chi connectivity index (χ4v) is 8.41. The van der Waals surface area contributed by atoms with Gasteiger partial charge in [0.15, 0.2) is 0 Å². The Bertz CT molecular complexity index is 3300. The molecule has 9 rings (SSSR count). The van der Waals surface area contributed by atoms with Crippen molar-refractivity contribution in [3.8, 4) is 17.6 Å². The Kier molecular flexibility index (Phi) is 12.6. The zero-order valence-corrected chi connectivity index (χ0v) is 37.9. The molecule has 0 aromatic heterocycles. The maximum atomic E-state index is 10.6. The first kappa shape index (κ1) is 43.4. The molecular weight excluding hydrogens is 821 g/mol. The molecule has 0 heterocycles. The fourth-order valence-electron chi connectivity index (χ4n) is 8.41. The van der Waals surface area contributed by atoms with E-state index in [-0.39, 0.29) is 0 Å². The lowest BCUT2D eigenvalue weighted by molar-refractivity contribution is 0.340. The van der Waals surface area contributed by atoms with Gasteiger partial charge in [-0.3, -0.25) is 0 Å². The highest BCUT2D eigenvalue weighted by Crippen LogP contribution is 2.41. The first-order chi connectivity index (χ1) is 32.8. The van der Waals surface area contributed by atoms with Crippen LogP contribution in [0.2, 0.25) is 0 Å². The molecule has 0 spiro atoms. The van der Waals surface area contributed by atoms with Crippen LogP contribution in [-0.2, 0) is 0 Å². The van der Waals surface area contributed by atoms with Crippen molar-refractivity contribution in [1.82, 2.24) is 0 Å². The lowest BCUT2D eigenvalue weighted by Gasteiger charge is -2.26. The smallest absolute Gasteiger partial charge is 0.202 e. The van der Waals surface area contributed by atoms with Crippen LogP contribution in [-0.4, -0.2) is 13.7 Å². The van der Waals surface area contributed by atoms with E-state index in [1.54, 1.807) is 7.11 Å². The van der Waals surface area contributed by atoms with Crippen LogP contribution in [0.3, 0.4) is 0 Å². The van der Waals surface area contributed by atoms with Crippen LogP contribution >= 0.6 is 0 Å². The highest BCUT2D eigenvalue weighted by Gasteiger charge is 2.17. The van der Waals surface area contributed by atoms with Gasteiger partial charge in [-0.15, -0.1) is 0 Å². The number of nitrogens with zero attached hydrogens (tertiary/aromatic N) is 4. The van der Waals surface area contributed by atoms with Gasteiger partial charge in [0.05, 0.1) is 25.9 Å². The third-order valence-electron chi connectivity index (χ3n) is 11.9. The molecule has 0 unspecified atom stereocenters. The van der Waals surface area contributed by atoms with Gasteiger partial charge in [0.1, 0.15) is 17.6 Å². The zero-order valence-electron chi connectivity index (χ0n) is 37.9. The number of hydrogen-bond acceptors (Lipinski definition) is 5. The van der Waals surface area contributed by atoms with Crippen LogP contribution in [0.4, 0.5) is 39.8 Å². The summed E-state index contributed by atoms with van der Waals surface area (Å²) in [5, 5.41) is 13.6. The van der Waals surface area contributed by atoms with Crippen LogP contribution in [0, 0.1) is 31.8 Å². The van der Waals surface area contributed by atoms with Crippen molar-refractivity contribution in [1.29, 1.82) is 5.26 Å². The maximum Gasteiger partial charge on any atom is 0.202 e. The summed E-state index contributed by atoms with van der Waals surface area (Å²) in [4.78, 5) is 8.49. The Balaban J connectivity index is 0.964. The van der Waals surface area contributed by atoms with Crippen molar-refractivity contribution in [2.75, 3.05) is 23.5 Å². The molecule has 0 amide bonds. The highest BCUT2D eigenvalue weighted by atomic mass is 16.5. The largest absolute Gasteiger partial charge is 0.497 e. The van der Waals surface area contributed by atoms with E-state index in [1.807, 2.05) is 85.8 Å². The van der Waals surface area contributed by atoms with Crippen LogP contribution in [0.25, 0.3) is 50.7 Å². The molecule has 0 radical (unpaired) electrons. The summed E-state index contributed by atoms with van der Waals surface area (Å²) >= 11 is 0. The molecule has 0 aliphatic rings. The molecule has 0 saturated heterocycles. The summed E-state index contributed by atoms with van der Waals surface area (Å²) in [7, 11) is 1.67. The van der Waals surface area contributed by atoms with E-state index in [0.717, 1.165) is 89.4 Å². The summed E-state index contributed by atoms with van der Waals surface area (Å²) < 4.78 is 11.1. The average molecular weight is 869 g/mol. The molecule has 0 bridgehead atoms. The third-order valence-corrected chi connectivity index (χ3v) is 11.9. The van der Waals surface area contributed by atoms with Gasteiger partial charge in [-0.05, 0) is 168 Å². The van der Waals surface area contributed by atoms with Crippen LogP contribution < -0.4 is 19.3 Å². The minimum Gasteiger partial charge on any atom is -0.497 e. The van der Waals surface area contributed by atoms with E-state index in [2.05, 4.69) is 162 Å². The SMILES string of the molecule is [C-]#[N+]c1c2ccc(/C=C/c3ccc(N(c4ccc(OC)cc4)c4ccc(OCC)cc4)cc3)cc2c(C#N)c2ccc(/C=C/c3ccc(N(c4ccc(C)cc4)c4ccc(C)cc4)cc3)cc12. The topological polar surface area (TPSA) is 53.1 Å². The van der Waals surface area contributed by atoms with E-state index >= 15 is 0 Å². The molecule has 0 N–H and O–H groups in total. The fraction of sp³-hybridized carbons (Fsp3) is 0.0820. The minimum absolute atomic E-state index is 0.538. The first-order valence-corrected chi connectivity index (χ1v) is 22.3. The molecule has 9 aromatic carbocycles. The van der Waals surface area contributed by atoms with E-state index in [4.69, 9.17) is 16.0 Å². The molecule has 67 heavy (non-hydrogen) atoms. The first-order valence-electron chi connectivity index (χ1n) is 22.3. The van der Waals surface area contributed by atoms with Gasteiger partial charge in [0.2, 0.25) is 5.69 Å². The van der Waals surface area contributed by atoms with Crippen LogP contribution in [0.5, 0.6) is 11.5 Å². The monoisotopic (exact) mass is 868 g/mol. The Morgan fingerprint density at radius 1 is 0.478 bits per heavy atom. The predicted octanol–water partition coefficient (Wildman–Crippen LogP) is 16.7. The second-order valence-electron chi connectivity index (χ2n) is 16.4. The molecule has 9 aromatic rings. The standard InChI is InChI=1S/C61H48N4O2/c1-6-67-55-35-31-53(32-36-55)65(52-29-33-54(66-5)34-30-52)51-27-17-44(18-28-51)11-13-46-20-38-57-58(39-46)60(41-62)56-37-19-47(40-59(56)61(57)63-4)14-12-45-15-25-50(26-16-45)64(48-21-7-42(2)8-22-48)49-23-9-43(3)10-24-49/h7-40H,6H2,1-3,5H3/b13-11+,14-12+. The maximum absolute atomic E-state index is 10.6. The molecule has 0 aliphatic carbocycles. The Morgan fingerprint density at radius 3 is 1.27 bits per heavy atom. The van der Waals surface area contributed by atoms with Crippen molar-refractivity contribution in [3.63, 3.8) is 0 Å². The predicted molar refractivity (Wildman–Crippen MR) is 280 cm³/mol. The Hall–Kier alpha value is -8.84. The van der Waals surface area contributed by atoms with Crippen molar-refractivity contribution in [2.24, 2.45) is 0 Å². The van der Waals surface area contributed by atoms with Crippen molar-refractivity contribution >= 4 is 85.7 Å². The summed E-state index contributed by atoms with van der Waals surface area (Å²) in [5.41, 5.74) is 13.7. The number of ether oxygens (including phenoxy) is 2. The Morgan fingerprint density at radius 2 is 0.851 bits per heavy atom. The van der Waals surface area contributed by atoms with Gasteiger partial charge in [0, 0.05) is 34.1 Å². The van der Waals surface area contributed by atoms with E-state index < -0.39 is 0 Å². The van der Waals surface area contributed by atoms with Gasteiger partial charge < -0.3 is 19.3 Å². The summed E-state index contributed by atoms with van der Waals surface area (Å²) in [6.45, 7) is 15.1. The van der Waals surface area contributed by atoms with E-state index in [0.29, 0.717) is 17.9 Å². The van der Waals surface area contributed by atoms with Gasteiger partial charge in [0.25, 0.3) is 0 Å². The minimum atomic E-state index is 0.538. The molecule has 0 aliphatic heterocycles.